The van der Waals surface area contributed by atoms with Gasteiger partial charge in [-0.3, -0.25) is 4.79 Å². The number of nitrogens with one attached hydrogen (secondary N) is 1. The average Bonchev–Trinajstić information content (AvgIpc) is 2.45. The van der Waals surface area contributed by atoms with E-state index in [-0.39, 0.29) is 12.5 Å². The summed E-state index contributed by atoms with van der Waals surface area (Å²) in [6, 6.07) is 0. The molecule has 0 saturated carbocycles. The van der Waals surface area contributed by atoms with Crippen molar-refractivity contribution in [3.05, 3.63) is 0 Å². The number of carbonyl (C=O) groups is 2. The van der Waals surface area contributed by atoms with Gasteiger partial charge in [-0.05, 0) is 32.1 Å². The van der Waals surface area contributed by atoms with Crippen molar-refractivity contribution in [3.8, 4) is 0 Å². The molecule has 4 heteroatoms. The Kier molecular flexibility index (Phi) is 19.5. The van der Waals surface area contributed by atoms with Gasteiger partial charge in [0.05, 0.1) is 0 Å². The molecule has 0 heterocycles. The average molecular weight is 318 g/mol. The Labute approximate surface area is 138 Å². The lowest BCUT2D eigenvalue weighted by Gasteiger charge is -2.22. The third kappa shape index (κ3) is 19.1. The topological polar surface area (TPSA) is 66.4 Å². The van der Waals surface area contributed by atoms with E-state index in [1.807, 2.05) is 34.6 Å². The van der Waals surface area contributed by atoms with Crippen LogP contribution in [0.2, 0.25) is 0 Å². The van der Waals surface area contributed by atoms with Crippen LogP contribution in [0.4, 0.5) is 0 Å². The van der Waals surface area contributed by atoms with Crippen LogP contribution in [-0.2, 0) is 9.59 Å². The van der Waals surface area contributed by atoms with E-state index in [9.17, 15) is 9.59 Å². The maximum Gasteiger partial charge on any atom is 0.225 e. The van der Waals surface area contributed by atoms with Gasteiger partial charge >= 0.3 is 0 Å². The van der Waals surface area contributed by atoms with Gasteiger partial charge in [-0.25, -0.2) is 0 Å². The van der Waals surface area contributed by atoms with Crippen molar-refractivity contribution in [3.63, 3.8) is 0 Å². The maximum atomic E-state index is 11.4. The highest BCUT2D eigenvalue weighted by Gasteiger charge is 2.25. The zero-order valence-electron chi connectivity index (χ0n) is 16.1. The van der Waals surface area contributed by atoms with Crippen LogP contribution in [-0.4, -0.2) is 29.9 Å². The van der Waals surface area contributed by atoms with Gasteiger partial charge in [0, 0.05) is 25.0 Å². The van der Waals surface area contributed by atoms with Gasteiger partial charge in [-0.15, -0.1) is 0 Å². The van der Waals surface area contributed by atoms with Gasteiger partial charge in [-0.1, -0.05) is 48.5 Å². The van der Waals surface area contributed by atoms with E-state index in [1.165, 1.54) is 0 Å². The summed E-state index contributed by atoms with van der Waals surface area (Å²) < 4.78 is 0. The predicted molar refractivity (Wildman–Crippen MR) is 94.9 cm³/mol. The van der Waals surface area contributed by atoms with E-state index in [0.717, 1.165) is 19.3 Å². The number of hydrogen-bond acceptors (Lipinski definition) is 3. The molecule has 1 amide bonds. The first-order valence-electron chi connectivity index (χ1n) is 8.56. The van der Waals surface area contributed by atoms with E-state index in [0.29, 0.717) is 24.7 Å². The molecule has 0 aromatic carbocycles. The second-order valence-electron chi connectivity index (χ2n) is 6.25. The fraction of sp³-hybridized carbons (Fsp3) is 0.889. The molecule has 0 aromatic rings. The third-order valence-corrected chi connectivity index (χ3v) is 2.96. The maximum absolute atomic E-state index is 11.4. The summed E-state index contributed by atoms with van der Waals surface area (Å²) in [5, 5.41) is 11.5. The van der Waals surface area contributed by atoms with Crippen molar-refractivity contribution < 1.29 is 14.7 Å². The predicted octanol–water partition coefficient (Wildman–Crippen LogP) is 3.96. The molecular weight excluding hydrogens is 278 g/mol. The van der Waals surface area contributed by atoms with Gasteiger partial charge in [0.2, 0.25) is 5.91 Å². The first kappa shape index (κ1) is 26.0. The molecule has 0 fully saturated rings. The fourth-order valence-corrected chi connectivity index (χ4v) is 1.36. The Morgan fingerprint density at radius 2 is 1.68 bits per heavy atom. The van der Waals surface area contributed by atoms with Crippen LogP contribution in [0.3, 0.4) is 0 Å². The minimum absolute atomic E-state index is 0.0263. The molecule has 0 aliphatic rings. The fourth-order valence-electron chi connectivity index (χ4n) is 1.36. The molecule has 0 spiro atoms. The number of amides is 1. The Morgan fingerprint density at radius 1 is 1.18 bits per heavy atom. The molecule has 0 aromatic heterocycles. The van der Waals surface area contributed by atoms with Crippen molar-refractivity contribution in [2.75, 3.05) is 13.2 Å². The molecule has 2 N–H and O–H groups in total. The lowest BCUT2D eigenvalue weighted by molar-refractivity contribution is -0.130. The Balaban J connectivity index is -0.000000313. The van der Waals surface area contributed by atoms with Gasteiger partial charge in [-0.2, -0.15) is 0 Å². The molecule has 0 unspecified atom stereocenters. The Morgan fingerprint density at radius 3 is 1.95 bits per heavy atom. The van der Waals surface area contributed by atoms with Crippen molar-refractivity contribution in [1.29, 1.82) is 0 Å². The first-order valence-corrected chi connectivity index (χ1v) is 8.56. The molecule has 0 saturated heterocycles. The molecule has 4 nitrogen and oxygen atoms in total. The van der Waals surface area contributed by atoms with Gasteiger partial charge in [0.25, 0.3) is 0 Å². The summed E-state index contributed by atoms with van der Waals surface area (Å²) in [4.78, 5) is 21.7. The number of aliphatic hydroxyl groups excluding tert-OH is 1. The van der Waals surface area contributed by atoms with E-state index < -0.39 is 5.41 Å². The number of Topliss-reactive ketones (excluding diaryl/α,β-unsaturated/α-hetero) is 1. The van der Waals surface area contributed by atoms with Crippen molar-refractivity contribution in [2.24, 2.45) is 11.3 Å². The number of carbonyl (C=O) groups excluding carboxylic acids is 2. The Hall–Kier alpha value is -0.900. The summed E-state index contributed by atoms with van der Waals surface area (Å²) in [6.45, 7) is 16.4. The van der Waals surface area contributed by atoms with Crippen LogP contribution in [0.5, 0.6) is 0 Å². The highest BCUT2D eigenvalue weighted by atomic mass is 16.3. The minimum atomic E-state index is -0.441. The third-order valence-electron chi connectivity index (χ3n) is 2.96. The number of ketones is 1. The number of aliphatic hydroxyl groups is 1. The zero-order chi connectivity index (χ0) is 18.2. The first-order chi connectivity index (χ1) is 10.2. The van der Waals surface area contributed by atoms with Crippen LogP contribution in [0, 0.1) is 11.3 Å². The minimum Gasteiger partial charge on any atom is -0.396 e. The highest BCUT2D eigenvalue weighted by molar-refractivity contribution is 5.81. The number of rotatable bonds is 8. The van der Waals surface area contributed by atoms with Crippen LogP contribution < -0.4 is 5.32 Å². The number of hydrogen-bond donors (Lipinski definition) is 2. The molecule has 134 valence electrons. The second kappa shape index (κ2) is 16.5. The van der Waals surface area contributed by atoms with Crippen LogP contribution >= 0.6 is 0 Å². The van der Waals surface area contributed by atoms with E-state index in [4.69, 9.17) is 5.11 Å². The molecule has 0 bridgehead atoms. The monoisotopic (exact) mass is 317 g/mol. The van der Waals surface area contributed by atoms with E-state index >= 15 is 0 Å². The standard InChI is InChI=1S/C9H19NO2.C7H14O.C2H6/c1-4-6-10-8(12)9(2,3)5-7-11;1-6(2)4-5-7(3)8;1-2/h11H,4-7H2,1-3H3,(H,10,12);6H,4-5H2,1-3H3;1-2H3. The molecular formula is C18H39NO3. The summed E-state index contributed by atoms with van der Waals surface area (Å²) in [6.07, 6.45) is 3.25. The zero-order valence-corrected chi connectivity index (χ0v) is 16.1. The quantitative estimate of drug-likeness (QED) is 0.712. The normalized spacial score (nSPS) is 10.1. The van der Waals surface area contributed by atoms with Gasteiger partial charge in [0.1, 0.15) is 5.78 Å². The second-order valence-corrected chi connectivity index (χ2v) is 6.25. The molecule has 22 heavy (non-hydrogen) atoms. The molecule has 0 radical (unpaired) electrons. The van der Waals surface area contributed by atoms with Crippen molar-refractivity contribution >= 4 is 11.7 Å². The summed E-state index contributed by atoms with van der Waals surface area (Å²) in [7, 11) is 0. The van der Waals surface area contributed by atoms with Crippen LogP contribution in [0.1, 0.15) is 81.1 Å². The van der Waals surface area contributed by atoms with E-state index in [2.05, 4.69) is 19.2 Å². The van der Waals surface area contributed by atoms with Crippen molar-refractivity contribution in [2.45, 2.75) is 81.1 Å². The lowest BCUT2D eigenvalue weighted by atomic mass is 9.89. The van der Waals surface area contributed by atoms with E-state index in [1.54, 1.807) is 6.92 Å². The molecule has 0 atom stereocenters. The van der Waals surface area contributed by atoms with Crippen LogP contribution in [0.25, 0.3) is 0 Å². The lowest BCUT2D eigenvalue weighted by Crippen LogP contribution is -2.37. The smallest absolute Gasteiger partial charge is 0.225 e. The summed E-state index contributed by atoms with van der Waals surface area (Å²) in [5.74, 6) is 0.996. The summed E-state index contributed by atoms with van der Waals surface area (Å²) >= 11 is 0. The van der Waals surface area contributed by atoms with Crippen molar-refractivity contribution in [1.82, 2.24) is 5.32 Å². The highest BCUT2D eigenvalue weighted by Crippen LogP contribution is 2.19. The summed E-state index contributed by atoms with van der Waals surface area (Å²) in [5.41, 5.74) is -0.441. The Bertz CT molecular complexity index is 274. The van der Waals surface area contributed by atoms with Crippen LogP contribution in [0.15, 0.2) is 0 Å². The SMILES string of the molecule is CC.CC(=O)CCC(C)C.CCCNC(=O)C(C)(C)CCO. The largest absolute Gasteiger partial charge is 0.396 e. The molecule has 0 aliphatic heterocycles. The molecule has 0 aliphatic carbocycles. The molecule has 0 rings (SSSR count). The van der Waals surface area contributed by atoms with Gasteiger partial charge in [0.15, 0.2) is 0 Å². The van der Waals surface area contributed by atoms with Gasteiger partial charge < -0.3 is 15.2 Å².